The van der Waals surface area contributed by atoms with Crippen LogP contribution < -0.4 is 5.73 Å². The van der Waals surface area contributed by atoms with E-state index in [4.69, 9.17) is 5.73 Å². The van der Waals surface area contributed by atoms with Crippen LogP contribution in [-0.2, 0) is 0 Å². The third-order valence-electron chi connectivity index (χ3n) is 3.77. The Labute approximate surface area is 111 Å². The minimum Gasteiger partial charge on any atom is -0.399 e. The van der Waals surface area contributed by atoms with Gasteiger partial charge in [-0.15, -0.1) is 0 Å². The van der Waals surface area contributed by atoms with Gasteiger partial charge in [0.1, 0.15) is 0 Å². The molecule has 0 radical (unpaired) electrons. The SMILES string of the molecule is Nc1ccc2c3ccccc3c3ccccc3c2c1. The van der Waals surface area contributed by atoms with Crippen LogP contribution in [0, 0.1) is 0 Å². The van der Waals surface area contributed by atoms with Crippen LogP contribution in [0.25, 0.3) is 32.3 Å². The third-order valence-corrected chi connectivity index (χ3v) is 3.77. The Morgan fingerprint density at radius 3 is 1.42 bits per heavy atom. The highest BCUT2D eigenvalue weighted by Crippen LogP contribution is 2.35. The molecule has 4 rings (SSSR count). The second kappa shape index (κ2) is 3.72. The van der Waals surface area contributed by atoms with Gasteiger partial charge in [0.05, 0.1) is 0 Å². The van der Waals surface area contributed by atoms with E-state index in [1.807, 2.05) is 6.07 Å². The van der Waals surface area contributed by atoms with Crippen LogP contribution in [0.1, 0.15) is 0 Å². The molecule has 4 aromatic rings. The van der Waals surface area contributed by atoms with Gasteiger partial charge >= 0.3 is 0 Å². The van der Waals surface area contributed by atoms with Crippen LogP contribution >= 0.6 is 0 Å². The van der Waals surface area contributed by atoms with Crippen LogP contribution in [-0.4, -0.2) is 0 Å². The van der Waals surface area contributed by atoms with E-state index in [-0.39, 0.29) is 0 Å². The Morgan fingerprint density at radius 2 is 0.895 bits per heavy atom. The highest BCUT2D eigenvalue weighted by molar-refractivity contribution is 6.25. The van der Waals surface area contributed by atoms with E-state index in [1.165, 1.54) is 32.3 Å². The average molecular weight is 243 g/mol. The highest BCUT2D eigenvalue weighted by Gasteiger charge is 2.07. The first kappa shape index (κ1) is 10.4. The normalized spacial score (nSPS) is 11.4. The van der Waals surface area contributed by atoms with Crippen LogP contribution in [0.4, 0.5) is 5.69 Å². The molecule has 19 heavy (non-hydrogen) atoms. The number of nitrogen functional groups attached to an aromatic ring is 1. The van der Waals surface area contributed by atoms with E-state index < -0.39 is 0 Å². The monoisotopic (exact) mass is 243 g/mol. The molecule has 0 aliphatic rings. The molecule has 0 aromatic heterocycles. The van der Waals surface area contributed by atoms with Crippen molar-refractivity contribution in [1.29, 1.82) is 0 Å². The van der Waals surface area contributed by atoms with E-state index in [9.17, 15) is 0 Å². The molecule has 0 aliphatic carbocycles. The van der Waals surface area contributed by atoms with E-state index in [0.29, 0.717) is 0 Å². The lowest BCUT2D eigenvalue weighted by molar-refractivity contribution is 1.75. The summed E-state index contributed by atoms with van der Waals surface area (Å²) in [6.07, 6.45) is 0. The van der Waals surface area contributed by atoms with Crippen molar-refractivity contribution in [3.63, 3.8) is 0 Å². The lowest BCUT2D eigenvalue weighted by Crippen LogP contribution is -1.86. The predicted molar refractivity (Wildman–Crippen MR) is 83.4 cm³/mol. The molecule has 0 amide bonds. The molecule has 0 spiro atoms. The Morgan fingerprint density at radius 1 is 0.474 bits per heavy atom. The minimum absolute atomic E-state index is 0.813. The Balaban J connectivity index is 2.43. The summed E-state index contributed by atoms with van der Waals surface area (Å²) in [6, 6.07) is 23.3. The molecule has 90 valence electrons. The average Bonchev–Trinajstić information content (AvgIpc) is 2.47. The van der Waals surface area contributed by atoms with Crippen LogP contribution in [0.3, 0.4) is 0 Å². The summed E-state index contributed by atoms with van der Waals surface area (Å²) >= 11 is 0. The van der Waals surface area contributed by atoms with E-state index >= 15 is 0 Å². The van der Waals surface area contributed by atoms with Gasteiger partial charge in [0.25, 0.3) is 0 Å². The summed E-state index contributed by atoms with van der Waals surface area (Å²) in [4.78, 5) is 0. The fourth-order valence-corrected chi connectivity index (χ4v) is 2.93. The van der Waals surface area contributed by atoms with Crippen molar-refractivity contribution in [2.75, 3.05) is 5.73 Å². The predicted octanol–water partition coefficient (Wildman–Crippen LogP) is 4.73. The van der Waals surface area contributed by atoms with Crippen LogP contribution in [0.15, 0.2) is 66.7 Å². The number of rotatable bonds is 0. The zero-order valence-corrected chi connectivity index (χ0v) is 10.4. The second-order valence-electron chi connectivity index (χ2n) is 4.90. The molecule has 1 heteroatoms. The largest absolute Gasteiger partial charge is 0.399 e. The van der Waals surface area contributed by atoms with Gasteiger partial charge in [-0.05, 0) is 44.5 Å². The van der Waals surface area contributed by atoms with Gasteiger partial charge in [0.15, 0.2) is 0 Å². The summed E-state index contributed by atoms with van der Waals surface area (Å²) in [5.41, 5.74) is 6.77. The molecule has 0 atom stereocenters. The van der Waals surface area contributed by atoms with Crippen molar-refractivity contribution in [3.05, 3.63) is 66.7 Å². The molecule has 0 saturated carbocycles. The van der Waals surface area contributed by atoms with Gasteiger partial charge in [-0.25, -0.2) is 0 Å². The van der Waals surface area contributed by atoms with Crippen LogP contribution in [0.2, 0.25) is 0 Å². The van der Waals surface area contributed by atoms with Gasteiger partial charge in [0.2, 0.25) is 0 Å². The van der Waals surface area contributed by atoms with Gasteiger partial charge in [0, 0.05) is 5.69 Å². The highest BCUT2D eigenvalue weighted by atomic mass is 14.5. The minimum atomic E-state index is 0.813. The lowest BCUT2D eigenvalue weighted by Gasteiger charge is -2.10. The molecule has 0 aliphatic heterocycles. The summed E-state index contributed by atoms with van der Waals surface area (Å²) in [6.45, 7) is 0. The van der Waals surface area contributed by atoms with Gasteiger partial charge in [-0.1, -0.05) is 54.6 Å². The number of anilines is 1. The molecule has 4 aromatic carbocycles. The summed E-state index contributed by atoms with van der Waals surface area (Å²) in [5.74, 6) is 0. The maximum absolute atomic E-state index is 5.96. The first-order valence-electron chi connectivity index (χ1n) is 6.43. The molecule has 0 saturated heterocycles. The van der Waals surface area contributed by atoms with E-state index in [2.05, 4.69) is 60.7 Å². The molecular formula is C18H13N. The third kappa shape index (κ3) is 1.42. The van der Waals surface area contributed by atoms with Crippen LogP contribution in [0.5, 0.6) is 0 Å². The molecule has 0 unspecified atom stereocenters. The van der Waals surface area contributed by atoms with Crippen molar-refractivity contribution in [2.24, 2.45) is 0 Å². The van der Waals surface area contributed by atoms with E-state index in [1.54, 1.807) is 0 Å². The lowest BCUT2D eigenvalue weighted by atomic mass is 9.94. The first-order valence-corrected chi connectivity index (χ1v) is 6.43. The molecule has 2 N–H and O–H groups in total. The standard InChI is InChI=1S/C18H13N/c19-12-9-10-17-15-7-2-1-5-13(15)14-6-3-4-8-16(14)18(17)11-12/h1-11H,19H2. The van der Waals surface area contributed by atoms with Crippen molar-refractivity contribution in [3.8, 4) is 0 Å². The molecule has 0 fully saturated rings. The summed E-state index contributed by atoms with van der Waals surface area (Å²) in [5, 5.41) is 7.64. The summed E-state index contributed by atoms with van der Waals surface area (Å²) in [7, 11) is 0. The number of nitrogens with two attached hydrogens (primary N) is 1. The van der Waals surface area contributed by atoms with Gasteiger partial charge < -0.3 is 5.73 Å². The second-order valence-corrected chi connectivity index (χ2v) is 4.90. The molecular weight excluding hydrogens is 230 g/mol. The quantitative estimate of drug-likeness (QED) is 0.350. The number of benzene rings is 4. The first-order chi connectivity index (χ1) is 9.34. The van der Waals surface area contributed by atoms with Crippen molar-refractivity contribution in [2.45, 2.75) is 0 Å². The molecule has 0 bridgehead atoms. The molecule has 1 nitrogen and oxygen atoms in total. The van der Waals surface area contributed by atoms with Crippen molar-refractivity contribution in [1.82, 2.24) is 0 Å². The maximum Gasteiger partial charge on any atom is 0.0320 e. The molecule has 0 heterocycles. The van der Waals surface area contributed by atoms with Crippen molar-refractivity contribution >= 4 is 38.0 Å². The Bertz CT molecular complexity index is 887. The Hall–Kier alpha value is -2.54. The van der Waals surface area contributed by atoms with Gasteiger partial charge in [-0.3, -0.25) is 0 Å². The fraction of sp³-hybridized carbons (Fsp3) is 0. The summed E-state index contributed by atoms with van der Waals surface area (Å²) < 4.78 is 0. The zero-order chi connectivity index (χ0) is 12.8. The zero-order valence-electron chi connectivity index (χ0n) is 10.4. The smallest absolute Gasteiger partial charge is 0.0320 e. The Kier molecular flexibility index (Phi) is 2.04. The van der Waals surface area contributed by atoms with Gasteiger partial charge in [-0.2, -0.15) is 0 Å². The maximum atomic E-state index is 5.96. The topological polar surface area (TPSA) is 26.0 Å². The number of hydrogen-bond acceptors (Lipinski definition) is 1. The number of hydrogen-bond donors (Lipinski definition) is 1. The van der Waals surface area contributed by atoms with Crippen molar-refractivity contribution < 1.29 is 0 Å². The number of fused-ring (bicyclic) bond motifs is 6. The fourth-order valence-electron chi connectivity index (χ4n) is 2.93. The van der Waals surface area contributed by atoms with E-state index in [0.717, 1.165) is 5.69 Å².